The van der Waals surface area contributed by atoms with E-state index < -0.39 is 0 Å². The number of ether oxygens (including phenoxy) is 1. The number of nitrogens with zero attached hydrogens (tertiary/aromatic N) is 1. The topological polar surface area (TPSA) is 92.3 Å². The number of benzene rings is 3. The normalized spacial score (nSPS) is 10.5. The summed E-state index contributed by atoms with van der Waals surface area (Å²) in [7, 11) is 1.59. The van der Waals surface area contributed by atoms with Crippen LogP contribution >= 0.6 is 11.3 Å². The molecule has 1 heterocycles. The van der Waals surface area contributed by atoms with Crippen molar-refractivity contribution >= 4 is 50.6 Å². The minimum Gasteiger partial charge on any atom is -0.497 e. The van der Waals surface area contributed by atoms with Crippen LogP contribution in [0.1, 0.15) is 12.1 Å². The summed E-state index contributed by atoms with van der Waals surface area (Å²) in [5.74, 6) is 0.631. The van der Waals surface area contributed by atoms with E-state index in [4.69, 9.17) is 4.74 Å². The number of amides is 3. The van der Waals surface area contributed by atoms with Crippen molar-refractivity contribution in [3.8, 4) is 5.75 Å². The Hall–Kier alpha value is -3.91. The Bertz CT molecular complexity index is 1230. The van der Waals surface area contributed by atoms with Crippen molar-refractivity contribution in [2.45, 2.75) is 12.8 Å². The molecule has 4 aromatic rings. The van der Waals surface area contributed by atoms with E-state index in [0.29, 0.717) is 29.4 Å². The Kier molecular flexibility index (Phi) is 6.62. The Morgan fingerprint density at radius 1 is 0.938 bits per heavy atom. The minimum absolute atomic E-state index is 0.0823. The fourth-order valence-electron chi connectivity index (χ4n) is 3.20. The van der Waals surface area contributed by atoms with Crippen LogP contribution in [0.5, 0.6) is 5.75 Å². The van der Waals surface area contributed by atoms with E-state index in [1.165, 1.54) is 11.3 Å². The number of aromatic nitrogens is 1. The number of fused-ring (bicyclic) bond motifs is 1. The van der Waals surface area contributed by atoms with Crippen LogP contribution in [0, 0.1) is 0 Å². The number of aryl methyl sites for hydroxylation is 1. The molecule has 8 heteroatoms. The van der Waals surface area contributed by atoms with Gasteiger partial charge in [-0.15, -0.1) is 11.3 Å². The summed E-state index contributed by atoms with van der Waals surface area (Å²) in [5, 5.41) is 12.8. The second kappa shape index (κ2) is 9.93. The van der Waals surface area contributed by atoms with Crippen molar-refractivity contribution < 1.29 is 14.3 Å². The van der Waals surface area contributed by atoms with Gasteiger partial charge in [0.05, 0.1) is 12.8 Å². The number of methoxy groups -OCH3 is 1. The Balaban J connectivity index is 1.28. The van der Waals surface area contributed by atoms with E-state index in [-0.39, 0.29) is 11.9 Å². The SMILES string of the molecule is COc1ccc(NC(=O)Nc2nc(CCC(=O)Nc3cccc4ccccc34)cs2)cc1. The first-order valence-corrected chi connectivity index (χ1v) is 10.9. The Labute approximate surface area is 189 Å². The molecule has 0 radical (unpaired) electrons. The number of nitrogens with one attached hydrogen (secondary N) is 3. The number of carbonyl (C=O) groups excluding carboxylic acids is 2. The van der Waals surface area contributed by atoms with Gasteiger partial charge in [0.25, 0.3) is 0 Å². The van der Waals surface area contributed by atoms with Gasteiger partial charge in [-0.3, -0.25) is 10.1 Å². The van der Waals surface area contributed by atoms with E-state index >= 15 is 0 Å². The molecule has 0 unspecified atom stereocenters. The molecule has 0 aliphatic carbocycles. The second-order valence-electron chi connectivity index (χ2n) is 7.03. The molecule has 7 nitrogen and oxygen atoms in total. The average Bonchev–Trinajstić information content (AvgIpc) is 3.25. The van der Waals surface area contributed by atoms with E-state index in [9.17, 15) is 9.59 Å². The molecule has 0 saturated carbocycles. The van der Waals surface area contributed by atoms with Crippen LogP contribution < -0.4 is 20.7 Å². The molecule has 1 aromatic heterocycles. The second-order valence-corrected chi connectivity index (χ2v) is 7.88. The molecule has 0 aliphatic heterocycles. The molecule has 0 bridgehead atoms. The quantitative estimate of drug-likeness (QED) is 0.348. The molecule has 0 saturated heterocycles. The Morgan fingerprint density at radius 3 is 2.53 bits per heavy atom. The summed E-state index contributed by atoms with van der Waals surface area (Å²) in [5.41, 5.74) is 2.19. The summed E-state index contributed by atoms with van der Waals surface area (Å²) in [6.45, 7) is 0. The van der Waals surface area contributed by atoms with Gasteiger partial charge in [-0.2, -0.15) is 0 Å². The largest absolute Gasteiger partial charge is 0.497 e. The number of rotatable bonds is 7. The zero-order chi connectivity index (χ0) is 22.3. The summed E-state index contributed by atoms with van der Waals surface area (Å²) in [6, 6.07) is 20.4. The third-order valence-corrected chi connectivity index (χ3v) is 5.60. The lowest BCUT2D eigenvalue weighted by molar-refractivity contribution is -0.116. The highest BCUT2D eigenvalue weighted by molar-refractivity contribution is 7.13. The molecule has 3 N–H and O–H groups in total. The highest BCUT2D eigenvalue weighted by atomic mass is 32.1. The summed E-state index contributed by atoms with van der Waals surface area (Å²) in [4.78, 5) is 29.0. The molecular formula is C24H22N4O3S. The first kappa shape index (κ1) is 21.3. The van der Waals surface area contributed by atoms with Crippen molar-refractivity contribution in [3.63, 3.8) is 0 Å². The standard InChI is InChI=1S/C24H22N4O3S/c1-31-19-12-9-17(10-13-19)25-23(30)28-24-26-18(15-32-24)11-14-22(29)27-21-8-4-6-16-5-2-3-7-20(16)21/h2-10,12-13,15H,11,14H2,1H3,(H,27,29)(H2,25,26,28,30). The van der Waals surface area contributed by atoms with Crippen LogP contribution in [0.3, 0.4) is 0 Å². The van der Waals surface area contributed by atoms with Gasteiger partial charge in [0, 0.05) is 28.6 Å². The van der Waals surface area contributed by atoms with E-state index in [0.717, 1.165) is 22.2 Å². The highest BCUT2D eigenvalue weighted by Crippen LogP contribution is 2.23. The maximum atomic E-state index is 12.4. The molecule has 3 amide bonds. The average molecular weight is 447 g/mol. The summed E-state index contributed by atoms with van der Waals surface area (Å²) < 4.78 is 5.10. The van der Waals surface area contributed by atoms with Gasteiger partial charge in [0.2, 0.25) is 5.91 Å². The van der Waals surface area contributed by atoms with Crippen LogP contribution in [0.15, 0.2) is 72.1 Å². The maximum Gasteiger partial charge on any atom is 0.325 e. The van der Waals surface area contributed by atoms with Crippen molar-refractivity contribution in [3.05, 3.63) is 77.8 Å². The molecule has 0 atom stereocenters. The number of anilines is 3. The van der Waals surface area contributed by atoms with Gasteiger partial charge in [-0.25, -0.2) is 9.78 Å². The summed E-state index contributed by atoms with van der Waals surface area (Å²) in [6.07, 6.45) is 0.777. The molecule has 4 rings (SSSR count). The van der Waals surface area contributed by atoms with Crippen LogP contribution in [0.25, 0.3) is 10.8 Å². The van der Waals surface area contributed by atoms with Crippen LogP contribution in [0.2, 0.25) is 0 Å². The van der Waals surface area contributed by atoms with Gasteiger partial charge in [-0.05, 0) is 42.1 Å². The van der Waals surface area contributed by atoms with E-state index in [2.05, 4.69) is 20.9 Å². The van der Waals surface area contributed by atoms with Gasteiger partial charge in [-0.1, -0.05) is 36.4 Å². The number of urea groups is 1. The zero-order valence-corrected chi connectivity index (χ0v) is 18.2. The third-order valence-electron chi connectivity index (χ3n) is 4.79. The van der Waals surface area contributed by atoms with Gasteiger partial charge < -0.3 is 15.4 Å². The van der Waals surface area contributed by atoms with Crippen LogP contribution in [0.4, 0.5) is 21.3 Å². The van der Waals surface area contributed by atoms with E-state index in [1.807, 2.05) is 47.8 Å². The zero-order valence-electron chi connectivity index (χ0n) is 17.4. The molecule has 0 fully saturated rings. The van der Waals surface area contributed by atoms with Crippen LogP contribution in [-0.4, -0.2) is 24.0 Å². The number of thiazole rings is 1. The lowest BCUT2D eigenvalue weighted by Gasteiger charge is -2.08. The van der Waals surface area contributed by atoms with Crippen molar-refractivity contribution in [1.29, 1.82) is 0 Å². The molecular weight excluding hydrogens is 424 g/mol. The molecule has 0 spiro atoms. The first-order valence-electron chi connectivity index (χ1n) is 10.0. The highest BCUT2D eigenvalue weighted by Gasteiger charge is 2.10. The van der Waals surface area contributed by atoms with Crippen molar-refractivity contribution in [2.75, 3.05) is 23.1 Å². The fourth-order valence-corrected chi connectivity index (χ4v) is 3.94. The fraction of sp³-hybridized carbons (Fsp3) is 0.125. The number of hydrogen-bond donors (Lipinski definition) is 3. The molecule has 0 aliphatic rings. The van der Waals surface area contributed by atoms with Gasteiger partial charge in [0.15, 0.2) is 5.13 Å². The Morgan fingerprint density at radius 2 is 1.72 bits per heavy atom. The van der Waals surface area contributed by atoms with Gasteiger partial charge in [0.1, 0.15) is 5.75 Å². The lowest BCUT2D eigenvalue weighted by atomic mass is 10.1. The first-order chi connectivity index (χ1) is 15.6. The van der Waals surface area contributed by atoms with Crippen molar-refractivity contribution in [1.82, 2.24) is 4.98 Å². The third kappa shape index (κ3) is 5.41. The predicted molar refractivity (Wildman–Crippen MR) is 129 cm³/mol. The minimum atomic E-state index is -0.384. The monoisotopic (exact) mass is 446 g/mol. The molecule has 3 aromatic carbocycles. The van der Waals surface area contributed by atoms with Crippen molar-refractivity contribution in [2.24, 2.45) is 0 Å². The number of carbonyl (C=O) groups is 2. The predicted octanol–water partition coefficient (Wildman–Crippen LogP) is 5.52. The molecule has 162 valence electrons. The maximum absolute atomic E-state index is 12.4. The molecule has 32 heavy (non-hydrogen) atoms. The smallest absolute Gasteiger partial charge is 0.325 e. The van der Waals surface area contributed by atoms with E-state index in [1.54, 1.807) is 31.4 Å². The summed E-state index contributed by atoms with van der Waals surface area (Å²) >= 11 is 1.32. The van der Waals surface area contributed by atoms with Gasteiger partial charge >= 0.3 is 6.03 Å². The van der Waals surface area contributed by atoms with Crippen LogP contribution in [-0.2, 0) is 11.2 Å². The number of hydrogen-bond acceptors (Lipinski definition) is 5. The lowest BCUT2D eigenvalue weighted by Crippen LogP contribution is -2.19.